The molecule has 6 heteroatoms. The molecule has 0 aliphatic carbocycles. The zero-order chi connectivity index (χ0) is 13.5. The Hall–Kier alpha value is -1.40. The second-order valence-corrected chi connectivity index (χ2v) is 3.99. The Labute approximate surface area is 106 Å². The first-order valence-electron chi connectivity index (χ1n) is 5.83. The minimum absolute atomic E-state index is 0.220. The summed E-state index contributed by atoms with van der Waals surface area (Å²) in [4.78, 5) is 22.6. The third-order valence-corrected chi connectivity index (χ3v) is 2.57. The van der Waals surface area contributed by atoms with Crippen molar-refractivity contribution in [3.8, 4) is 0 Å². The van der Waals surface area contributed by atoms with Crippen molar-refractivity contribution >= 4 is 11.9 Å². The summed E-state index contributed by atoms with van der Waals surface area (Å²) >= 11 is 0. The van der Waals surface area contributed by atoms with Gasteiger partial charge in [-0.15, -0.1) is 0 Å². The number of nitrogens with one attached hydrogen (secondary N) is 1. The predicted molar refractivity (Wildman–Crippen MR) is 63.5 cm³/mol. The molecule has 0 unspecified atom stereocenters. The van der Waals surface area contributed by atoms with Gasteiger partial charge in [0.15, 0.2) is 6.29 Å². The number of carbonyl (C=O) groups is 2. The minimum atomic E-state index is -0.445. The third kappa shape index (κ3) is 4.46. The van der Waals surface area contributed by atoms with Gasteiger partial charge in [0.25, 0.3) is 0 Å². The third-order valence-electron chi connectivity index (χ3n) is 2.57. The molecule has 6 nitrogen and oxygen atoms in total. The summed E-state index contributed by atoms with van der Waals surface area (Å²) in [5, 5.41) is 2.59. The van der Waals surface area contributed by atoms with Crippen LogP contribution in [-0.2, 0) is 23.8 Å². The molecule has 0 aromatic heterocycles. The lowest BCUT2D eigenvalue weighted by molar-refractivity contribution is -0.136. The fraction of sp³-hybridized carbons (Fsp3) is 0.667. The molecule has 0 aromatic rings. The summed E-state index contributed by atoms with van der Waals surface area (Å²) in [6.45, 7) is 4.21. The first kappa shape index (κ1) is 14.7. The molecule has 1 rings (SSSR count). The molecule has 0 radical (unpaired) electrons. The SMILES string of the molecule is COC(=O)/C(CCC1OCCO1)=C(\C)NC(C)=O. The summed E-state index contributed by atoms with van der Waals surface area (Å²) in [5.41, 5.74) is 0.944. The molecule has 0 aromatic carbocycles. The summed E-state index contributed by atoms with van der Waals surface area (Å²) in [5.74, 6) is -0.665. The minimum Gasteiger partial charge on any atom is -0.466 e. The van der Waals surface area contributed by atoms with E-state index in [0.717, 1.165) is 0 Å². The highest BCUT2D eigenvalue weighted by molar-refractivity contribution is 5.90. The highest BCUT2D eigenvalue weighted by Gasteiger charge is 2.20. The van der Waals surface area contributed by atoms with Gasteiger partial charge in [-0.2, -0.15) is 0 Å². The number of esters is 1. The molecule has 1 saturated heterocycles. The van der Waals surface area contributed by atoms with Gasteiger partial charge >= 0.3 is 5.97 Å². The molecule has 0 bridgehead atoms. The van der Waals surface area contributed by atoms with Crippen molar-refractivity contribution in [2.75, 3.05) is 20.3 Å². The zero-order valence-corrected chi connectivity index (χ0v) is 10.9. The molecule has 102 valence electrons. The Bertz CT molecular complexity index is 344. The van der Waals surface area contributed by atoms with Crippen LogP contribution in [0.1, 0.15) is 26.7 Å². The first-order chi connectivity index (χ1) is 8.54. The van der Waals surface area contributed by atoms with Crippen molar-refractivity contribution in [3.63, 3.8) is 0 Å². The largest absolute Gasteiger partial charge is 0.466 e. The number of allylic oxidation sites excluding steroid dienone is 1. The van der Waals surface area contributed by atoms with Crippen molar-refractivity contribution in [2.24, 2.45) is 0 Å². The molecule has 0 atom stereocenters. The summed E-state index contributed by atoms with van der Waals surface area (Å²) in [6, 6.07) is 0. The van der Waals surface area contributed by atoms with E-state index in [1.54, 1.807) is 6.92 Å². The van der Waals surface area contributed by atoms with Crippen molar-refractivity contribution in [1.82, 2.24) is 5.32 Å². The maximum atomic E-state index is 11.6. The van der Waals surface area contributed by atoms with Crippen molar-refractivity contribution in [2.45, 2.75) is 33.0 Å². The number of carbonyl (C=O) groups excluding carboxylic acids is 2. The van der Waals surface area contributed by atoms with Gasteiger partial charge < -0.3 is 19.5 Å². The molecule has 1 aliphatic heterocycles. The number of methoxy groups -OCH3 is 1. The van der Waals surface area contributed by atoms with Crippen LogP contribution in [-0.4, -0.2) is 38.5 Å². The van der Waals surface area contributed by atoms with Gasteiger partial charge in [0.05, 0.1) is 25.9 Å². The molecule has 0 spiro atoms. The predicted octanol–water partition coefficient (Wildman–Crippen LogP) is 0.723. The number of hydrogen-bond acceptors (Lipinski definition) is 5. The summed E-state index contributed by atoms with van der Waals surface area (Å²) in [7, 11) is 1.31. The Morgan fingerprint density at radius 1 is 1.28 bits per heavy atom. The van der Waals surface area contributed by atoms with Crippen molar-refractivity contribution < 1.29 is 23.8 Å². The molecule has 1 fully saturated rings. The lowest BCUT2D eigenvalue weighted by atomic mass is 10.1. The van der Waals surface area contributed by atoms with Gasteiger partial charge in [-0.05, 0) is 13.3 Å². The summed E-state index contributed by atoms with van der Waals surface area (Å²) in [6.07, 6.45) is 0.708. The quantitative estimate of drug-likeness (QED) is 0.580. The van der Waals surface area contributed by atoms with Crippen LogP contribution < -0.4 is 5.32 Å². The second kappa shape index (κ2) is 7.13. The maximum Gasteiger partial charge on any atom is 0.335 e. The average molecular weight is 257 g/mol. The molecule has 1 aliphatic rings. The summed E-state index contributed by atoms with van der Waals surface area (Å²) < 4.78 is 15.3. The highest BCUT2D eigenvalue weighted by Crippen LogP contribution is 2.17. The van der Waals surface area contributed by atoms with Crippen LogP contribution in [0.25, 0.3) is 0 Å². The van der Waals surface area contributed by atoms with Crippen LogP contribution in [0, 0.1) is 0 Å². The average Bonchev–Trinajstić information content (AvgIpc) is 2.80. The van der Waals surface area contributed by atoms with Crippen LogP contribution in [0.4, 0.5) is 0 Å². The Morgan fingerprint density at radius 2 is 1.89 bits per heavy atom. The Kier molecular flexibility index (Phi) is 5.80. The van der Waals surface area contributed by atoms with Crippen molar-refractivity contribution in [1.29, 1.82) is 0 Å². The van der Waals surface area contributed by atoms with Crippen molar-refractivity contribution in [3.05, 3.63) is 11.3 Å². The standard InChI is InChI=1S/C12H19NO5/c1-8(13-9(2)14)10(12(15)16-3)4-5-11-17-6-7-18-11/h11H,4-7H2,1-3H3,(H,13,14)/b10-8+. The van der Waals surface area contributed by atoms with E-state index >= 15 is 0 Å². The number of amides is 1. The number of ether oxygens (including phenoxy) is 3. The molecule has 0 saturated carbocycles. The van der Waals surface area contributed by atoms with Crippen LogP contribution >= 0.6 is 0 Å². The van der Waals surface area contributed by atoms with Gasteiger partial charge in [-0.25, -0.2) is 4.79 Å². The normalized spacial score (nSPS) is 17.3. The van der Waals surface area contributed by atoms with E-state index in [4.69, 9.17) is 14.2 Å². The smallest absolute Gasteiger partial charge is 0.335 e. The monoisotopic (exact) mass is 257 g/mol. The van der Waals surface area contributed by atoms with E-state index in [-0.39, 0.29) is 12.2 Å². The van der Waals surface area contributed by atoms with Gasteiger partial charge in [0, 0.05) is 19.0 Å². The molecule has 1 amide bonds. The van der Waals surface area contributed by atoms with Gasteiger partial charge in [-0.1, -0.05) is 0 Å². The van der Waals surface area contributed by atoms with E-state index in [1.165, 1.54) is 14.0 Å². The Morgan fingerprint density at radius 3 is 2.39 bits per heavy atom. The van der Waals surface area contributed by atoms with Crippen LogP contribution in [0.2, 0.25) is 0 Å². The van der Waals surface area contributed by atoms with Gasteiger partial charge in [0.1, 0.15) is 0 Å². The maximum absolute atomic E-state index is 11.6. The Balaban J connectivity index is 2.65. The van der Waals surface area contributed by atoms with E-state index in [0.29, 0.717) is 37.3 Å². The number of rotatable bonds is 5. The van der Waals surface area contributed by atoms with Crippen LogP contribution in [0.15, 0.2) is 11.3 Å². The van der Waals surface area contributed by atoms with Crippen LogP contribution in [0.3, 0.4) is 0 Å². The molecular weight excluding hydrogens is 238 g/mol. The lowest BCUT2D eigenvalue weighted by Crippen LogP contribution is -2.22. The topological polar surface area (TPSA) is 73.9 Å². The molecule has 1 heterocycles. The van der Waals surface area contributed by atoms with Gasteiger partial charge in [-0.3, -0.25) is 4.79 Å². The fourth-order valence-corrected chi connectivity index (χ4v) is 1.74. The lowest BCUT2D eigenvalue weighted by Gasteiger charge is -2.13. The number of hydrogen-bond donors (Lipinski definition) is 1. The zero-order valence-electron chi connectivity index (χ0n) is 10.9. The van der Waals surface area contributed by atoms with E-state index in [2.05, 4.69) is 5.32 Å². The second-order valence-electron chi connectivity index (χ2n) is 3.99. The van der Waals surface area contributed by atoms with E-state index in [9.17, 15) is 9.59 Å². The van der Waals surface area contributed by atoms with Gasteiger partial charge in [0.2, 0.25) is 5.91 Å². The highest BCUT2D eigenvalue weighted by atomic mass is 16.7. The van der Waals surface area contributed by atoms with E-state index < -0.39 is 5.97 Å². The van der Waals surface area contributed by atoms with Crippen LogP contribution in [0.5, 0.6) is 0 Å². The fourth-order valence-electron chi connectivity index (χ4n) is 1.74. The van der Waals surface area contributed by atoms with E-state index in [1.807, 2.05) is 0 Å². The molecular formula is C12H19NO5. The molecule has 1 N–H and O–H groups in total. The molecule has 18 heavy (non-hydrogen) atoms. The first-order valence-corrected chi connectivity index (χ1v) is 5.83.